The van der Waals surface area contributed by atoms with Gasteiger partial charge in [-0.05, 0) is 25.6 Å². The molecule has 0 saturated carbocycles. The topological polar surface area (TPSA) is 12.0 Å². The third-order valence-electron chi connectivity index (χ3n) is 2.06. The summed E-state index contributed by atoms with van der Waals surface area (Å²) in [5.41, 5.74) is -0.982. The standard InChI is InChI=1S/C11H15F2N/c1-11(13,8-14-2)7-9-5-3-4-6-10(9)12/h3-6,14H,7-8H2,1-2H3. The van der Waals surface area contributed by atoms with Crippen molar-refractivity contribution < 1.29 is 8.78 Å². The minimum atomic E-state index is -1.41. The molecule has 1 unspecified atom stereocenters. The lowest BCUT2D eigenvalue weighted by Crippen LogP contribution is -2.34. The molecule has 0 heterocycles. The van der Waals surface area contributed by atoms with E-state index in [0.29, 0.717) is 5.56 Å². The van der Waals surface area contributed by atoms with Crippen molar-refractivity contribution >= 4 is 0 Å². The van der Waals surface area contributed by atoms with Crippen LogP contribution in [0.2, 0.25) is 0 Å². The fourth-order valence-corrected chi connectivity index (χ4v) is 1.47. The molecule has 3 heteroatoms. The zero-order chi connectivity index (χ0) is 10.6. The molecule has 78 valence electrons. The zero-order valence-corrected chi connectivity index (χ0v) is 8.48. The molecule has 1 rings (SSSR count). The van der Waals surface area contributed by atoms with Gasteiger partial charge in [-0.3, -0.25) is 0 Å². The predicted molar refractivity (Wildman–Crippen MR) is 53.5 cm³/mol. The fourth-order valence-electron chi connectivity index (χ4n) is 1.47. The Hall–Kier alpha value is -0.960. The summed E-state index contributed by atoms with van der Waals surface area (Å²) in [5.74, 6) is -0.340. The van der Waals surface area contributed by atoms with Crippen molar-refractivity contribution in [1.29, 1.82) is 0 Å². The second-order valence-electron chi connectivity index (χ2n) is 3.71. The van der Waals surface area contributed by atoms with Crippen LogP contribution in [-0.2, 0) is 6.42 Å². The molecule has 0 amide bonds. The summed E-state index contributed by atoms with van der Waals surface area (Å²) in [7, 11) is 1.68. The van der Waals surface area contributed by atoms with Gasteiger partial charge in [-0.2, -0.15) is 0 Å². The minimum Gasteiger partial charge on any atom is -0.317 e. The monoisotopic (exact) mass is 199 g/mol. The van der Waals surface area contributed by atoms with Gasteiger partial charge in [-0.1, -0.05) is 18.2 Å². The number of hydrogen-bond acceptors (Lipinski definition) is 1. The quantitative estimate of drug-likeness (QED) is 0.784. The Morgan fingerprint density at radius 3 is 2.57 bits per heavy atom. The van der Waals surface area contributed by atoms with Crippen LogP contribution in [-0.4, -0.2) is 19.3 Å². The van der Waals surface area contributed by atoms with E-state index in [9.17, 15) is 8.78 Å². The molecule has 0 aliphatic rings. The molecule has 1 aromatic carbocycles. The van der Waals surface area contributed by atoms with Gasteiger partial charge in [-0.25, -0.2) is 8.78 Å². The van der Waals surface area contributed by atoms with Crippen molar-refractivity contribution in [3.05, 3.63) is 35.6 Å². The summed E-state index contributed by atoms with van der Waals surface area (Å²) in [6, 6.07) is 6.29. The van der Waals surface area contributed by atoms with Crippen LogP contribution < -0.4 is 5.32 Å². The Morgan fingerprint density at radius 1 is 1.36 bits per heavy atom. The van der Waals surface area contributed by atoms with E-state index in [1.54, 1.807) is 25.2 Å². The average molecular weight is 199 g/mol. The summed E-state index contributed by atoms with van der Waals surface area (Å²) >= 11 is 0. The van der Waals surface area contributed by atoms with Crippen molar-refractivity contribution in [1.82, 2.24) is 5.32 Å². The van der Waals surface area contributed by atoms with Gasteiger partial charge in [0.05, 0.1) is 0 Å². The molecule has 1 atom stereocenters. The van der Waals surface area contributed by atoms with Crippen LogP contribution in [0.1, 0.15) is 12.5 Å². The molecule has 0 spiro atoms. The lowest BCUT2D eigenvalue weighted by Gasteiger charge is -2.20. The molecular formula is C11H15F2N. The van der Waals surface area contributed by atoms with Crippen molar-refractivity contribution in [3.8, 4) is 0 Å². The van der Waals surface area contributed by atoms with Crippen LogP contribution in [0.5, 0.6) is 0 Å². The van der Waals surface area contributed by atoms with E-state index in [-0.39, 0.29) is 18.8 Å². The first-order chi connectivity index (χ1) is 6.55. The summed E-state index contributed by atoms with van der Waals surface area (Å²) in [6.45, 7) is 1.69. The number of benzene rings is 1. The van der Waals surface area contributed by atoms with Gasteiger partial charge in [0.25, 0.3) is 0 Å². The Balaban J connectivity index is 2.73. The second-order valence-corrected chi connectivity index (χ2v) is 3.71. The van der Waals surface area contributed by atoms with Gasteiger partial charge in [0, 0.05) is 13.0 Å². The number of nitrogens with one attached hydrogen (secondary N) is 1. The van der Waals surface area contributed by atoms with Gasteiger partial charge in [0.2, 0.25) is 0 Å². The zero-order valence-electron chi connectivity index (χ0n) is 8.48. The van der Waals surface area contributed by atoms with Crippen LogP contribution in [0, 0.1) is 5.82 Å². The first-order valence-corrected chi connectivity index (χ1v) is 4.62. The van der Waals surface area contributed by atoms with Gasteiger partial charge >= 0.3 is 0 Å². The molecule has 0 bridgehead atoms. The lowest BCUT2D eigenvalue weighted by atomic mass is 9.98. The molecular weight excluding hydrogens is 184 g/mol. The molecule has 1 N–H and O–H groups in total. The first kappa shape index (κ1) is 11.1. The average Bonchev–Trinajstić information content (AvgIpc) is 2.08. The maximum absolute atomic E-state index is 13.7. The maximum Gasteiger partial charge on any atom is 0.126 e. The van der Waals surface area contributed by atoms with E-state index in [4.69, 9.17) is 0 Å². The molecule has 14 heavy (non-hydrogen) atoms. The van der Waals surface area contributed by atoms with Gasteiger partial charge in [0.1, 0.15) is 11.5 Å². The molecule has 1 aromatic rings. The van der Waals surface area contributed by atoms with Gasteiger partial charge < -0.3 is 5.32 Å². The predicted octanol–water partition coefficient (Wildman–Crippen LogP) is 2.32. The molecule has 0 aromatic heterocycles. The molecule has 0 aliphatic heterocycles. The maximum atomic E-state index is 13.7. The minimum absolute atomic E-state index is 0.0977. The van der Waals surface area contributed by atoms with Crippen LogP contribution >= 0.6 is 0 Å². The van der Waals surface area contributed by atoms with E-state index in [1.807, 2.05) is 0 Å². The summed E-state index contributed by atoms with van der Waals surface area (Å²) in [5, 5.41) is 2.75. The van der Waals surface area contributed by atoms with Crippen molar-refractivity contribution in [3.63, 3.8) is 0 Å². The van der Waals surface area contributed by atoms with E-state index < -0.39 is 5.67 Å². The van der Waals surface area contributed by atoms with E-state index >= 15 is 0 Å². The van der Waals surface area contributed by atoms with Crippen LogP contribution in [0.4, 0.5) is 8.78 Å². The van der Waals surface area contributed by atoms with Gasteiger partial charge in [-0.15, -0.1) is 0 Å². The Morgan fingerprint density at radius 2 is 2.00 bits per heavy atom. The number of hydrogen-bond donors (Lipinski definition) is 1. The molecule has 0 saturated heterocycles. The summed E-state index contributed by atoms with van der Waals surface area (Å²) in [6.07, 6.45) is 0.0977. The molecule has 1 nitrogen and oxygen atoms in total. The van der Waals surface area contributed by atoms with Crippen molar-refractivity contribution in [2.45, 2.75) is 19.0 Å². The van der Waals surface area contributed by atoms with E-state index in [1.165, 1.54) is 13.0 Å². The smallest absolute Gasteiger partial charge is 0.126 e. The molecule has 0 aliphatic carbocycles. The van der Waals surface area contributed by atoms with Crippen molar-refractivity contribution in [2.24, 2.45) is 0 Å². The first-order valence-electron chi connectivity index (χ1n) is 4.62. The fraction of sp³-hybridized carbons (Fsp3) is 0.455. The summed E-state index contributed by atoms with van der Waals surface area (Å²) < 4.78 is 26.9. The third-order valence-corrected chi connectivity index (χ3v) is 2.06. The van der Waals surface area contributed by atoms with Crippen molar-refractivity contribution in [2.75, 3.05) is 13.6 Å². The van der Waals surface area contributed by atoms with Gasteiger partial charge in [0.15, 0.2) is 0 Å². The molecule has 0 radical (unpaired) electrons. The Bertz CT molecular complexity index is 297. The highest BCUT2D eigenvalue weighted by Crippen LogP contribution is 2.18. The highest BCUT2D eigenvalue weighted by atomic mass is 19.1. The molecule has 0 fully saturated rings. The highest BCUT2D eigenvalue weighted by Gasteiger charge is 2.23. The Kier molecular flexibility index (Phi) is 3.58. The number of halogens is 2. The van der Waals surface area contributed by atoms with Crippen LogP contribution in [0.15, 0.2) is 24.3 Å². The normalized spacial score (nSPS) is 15.1. The Labute approximate surface area is 83.1 Å². The highest BCUT2D eigenvalue weighted by molar-refractivity contribution is 5.19. The van der Waals surface area contributed by atoms with Crippen LogP contribution in [0.3, 0.4) is 0 Å². The van der Waals surface area contributed by atoms with E-state index in [2.05, 4.69) is 5.32 Å². The van der Waals surface area contributed by atoms with Crippen LogP contribution in [0.25, 0.3) is 0 Å². The SMILES string of the molecule is CNCC(C)(F)Cc1ccccc1F. The van der Waals surface area contributed by atoms with E-state index in [0.717, 1.165) is 0 Å². The second kappa shape index (κ2) is 4.51. The number of rotatable bonds is 4. The summed E-state index contributed by atoms with van der Waals surface area (Å²) in [4.78, 5) is 0. The lowest BCUT2D eigenvalue weighted by molar-refractivity contribution is 0.186. The number of alkyl halides is 1. The largest absolute Gasteiger partial charge is 0.317 e. The third kappa shape index (κ3) is 3.07.